The monoisotopic (exact) mass is 2080 g/mol. The van der Waals surface area contributed by atoms with Crippen molar-refractivity contribution in [3.63, 3.8) is 0 Å². The number of amides is 7. The first-order valence-corrected chi connectivity index (χ1v) is 51.8. The molecule has 812 valence electrons. The van der Waals surface area contributed by atoms with Crippen molar-refractivity contribution in [1.82, 2.24) is 35.1 Å². The molecule has 7 amide bonds. The zero-order valence-corrected chi connectivity index (χ0v) is 89.4. The van der Waals surface area contributed by atoms with E-state index in [2.05, 4.69) is 10.6 Å². The van der Waals surface area contributed by atoms with Gasteiger partial charge in [-0.3, -0.25) is 43.5 Å². The third-order valence-electron chi connectivity index (χ3n) is 25.4. The van der Waals surface area contributed by atoms with E-state index in [-0.39, 0.29) is 88.7 Å². The summed E-state index contributed by atoms with van der Waals surface area (Å²) in [6, 6.07) is 57.3. The normalized spacial score (nSPS) is 14.7. The maximum atomic E-state index is 14.6. The van der Waals surface area contributed by atoms with E-state index in [4.69, 9.17) is 48.4 Å². The van der Waals surface area contributed by atoms with E-state index in [0.29, 0.717) is 86.5 Å². The summed E-state index contributed by atoms with van der Waals surface area (Å²) < 4.78 is 79.5. The summed E-state index contributed by atoms with van der Waals surface area (Å²) in [5.41, 5.74) is 9.97. The van der Waals surface area contributed by atoms with Crippen molar-refractivity contribution >= 4 is 71.8 Å². The molecule has 0 bridgehead atoms. The summed E-state index contributed by atoms with van der Waals surface area (Å²) in [5, 5.41) is 25.3. The number of hydrogen-bond donors (Lipinski definition) is 5. The number of carboxylic acid groups (broad SMARTS) is 2. The van der Waals surface area contributed by atoms with E-state index >= 15 is 0 Å². The van der Waals surface area contributed by atoms with Gasteiger partial charge in [0.2, 0.25) is 11.8 Å². The Balaban J connectivity index is 0.000000258. The number of alkyl carbamates (subject to hydrolysis) is 2. The van der Waals surface area contributed by atoms with Crippen LogP contribution in [0.5, 0.6) is 17.2 Å². The van der Waals surface area contributed by atoms with Gasteiger partial charge in [0.05, 0.1) is 43.6 Å². The molecule has 10 atom stereocenters. The molecule has 0 saturated heterocycles. The van der Waals surface area contributed by atoms with E-state index < -0.39 is 155 Å². The van der Waals surface area contributed by atoms with Crippen LogP contribution in [0.4, 0.5) is 32.8 Å². The van der Waals surface area contributed by atoms with Crippen molar-refractivity contribution in [3.05, 3.63) is 268 Å². The van der Waals surface area contributed by atoms with Crippen LogP contribution in [0.3, 0.4) is 0 Å². The molecule has 0 spiro atoms. The maximum Gasteiger partial charge on any atom is 0.411 e. The number of benzene rings is 8. The molecular weight excluding hydrogens is 1920 g/mol. The Hall–Kier alpha value is -14.0. The van der Waals surface area contributed by atoms with Gasteiger partial charge in [0, 0.05) is 40.0 Å². The van der Waals surface area contributed by atoms with Crippen molar-refractivity contribution in [2.24, 2.45) is 35.3 Å². The number of ketones is 2. The molecule has 0 aliphatic heterocycles. The van der Waals surface area contributed by atoms with E-state index in [1.54, 1.807) is 88.3 Å². The molecule has 3 saturated carbocycles. The molecule has 31 nitrogen and oxygen atoms in total. The Kier molecular flexibility index (Phi) is 46.4. The fraction of sp³-hybridized carbons (Fsp3) is 0.487. The highest BCUT2D eigenvalue weighted by Gasteiger charge is 2.50. The molecule has 11 rings (SSSR count). The number of nitrogens with two attached hydrogens (primary N) is 1. The summed E-state index contributed by atoms with van der Waals surface area (Å²) in [4.78, 5) is 166. The number of ether oxygens (including phenoxy) is 9. The number of nitrogens with one attached hydrogen (secondary N) is 2. The van der Waals surface area contributed by atoms with Gasteiger partial charge in [-0.15, -0.1) is 0 Å². The SMILES string of the molecule is C[C@H](CN(C(=O)OC(C)(C)C)[C@H](C(=O)N(C)[C@H](C)C(=O)C[C@H](Cc1ccc(F)cc1)C(=O)O)C1CC1)Oc1ccccc1CCCN.C[C@H](CN(C(=O)OC(C)(C)C)[C@H](C(=O)N(C)[C@H](C)C(=O)C[C@H](Cc1ccc(F)cc1)C(=O)OCc1ccccc1)C1CC1)Oc1ccccc1CCCNC(=O)OCc1ccccc1.C[C@H](CN(C(=O)OC(C)(C)C)[C@H](C(=O)O)C1CC1)Oc1ccccc1CCCNC(=O)OCc1ccccc1. The summed E-state index contributed by atoms with van der Waals surface area (Å²) in [6.45, 7) is 26.3. The zero-order chi connectivity index (χ0) is 110. The van der Waals surface area contributed by atoms with E-state index in [0.717, 1.165) is 71.9 Å². The van der Waals surface area contributed by atoms with Gasteiger partial charge < -0.3 is 79.0 Å². The summed E-state index contributed by atoms with van der Waals surface area (Å²) in [7, 11) is 3.03. The minimum Gasteiger partial charge on any atom is -0.489 e. The molecule has 0 radical (unpaired) electrons. The van der Waals surface area contributed by atoms with Crippen molar-refractivity contribution in [2.75, 3.05) is 53.4 Å². The maximum absolute atomic E-state index is 14.6. The lowest BCUT2D eigenvalue weighted by molar-refractivity contribution is -0.152. The second-order valence-corrected chi connectivity index (χ2v) is 41.8. The summed E-state index contributed by atoms with van der Waals surface area (Å²) in [6.07, 6.45) is 3.50. The van der Waals surface area contributed by atoms with E-state index in [9.17, 15) is 76.5 Å². The predicted octanol–water partition coefficient (Wildman–Crippen LogP) is 19.5. The largest absolute Gasteiger partial charge is 0.489 e. The van der Waals surface area contributed by atoms with Crippen LogP contribution in [0, 0.1) is 41.2 Å². The molecule has 8 aromatic rings. The van der Waals surface area contributed by atoms with Crippen LogP contribution in [0.2, 0.25) is 0 Å². The molecule has 33 heteroatoms. The first kappa shape index (κ1) is 120. The number of hydrogen-bond acceptors (Lipinski definition) is 22. The molecule has 8 aromatic carbocycles. The number of nitrogens with zero attached hydrogens (tertiary/aromatic N) is 5. The molecule has 3 fully saturated rings. The number of carbonyl (C=O) groups excluding carboxylic acids is 10. The van der Waals surface area contributed by atoms with Crippen LogP contribution < -0.4 is 30.6 Å². The first-order chi connectivity index (χ1) is 71.2. The van der Waals surface area contributed by atoms with Gasteiger partial charge in [0.15, 0.2) is 11.6 Å². The fourth-order valence-electron chi connectivity index (χ4n) is 16.9. The molecule has 0 heterocycles. The van der Waals surface area contributed by atoms with Crippen LogP contribution in [-0.4, -0.2) is 225 Å². The smallest absolute Gasteiger partial charge is 0.411 e. The van der Waals surface area contributed by atoms with E-state index in [1.165, 1.54) is 75.0 Å². The average Bonchev–Trinajstić information content (AvgIpc) is 1.67. The van der Waals surface area contributed by atoms with E-state index in [1.807, 2.05) is 185 Å². The second kappa shape index (κ2) is 58.3. The highest BCUT2D eigenvalue weighted by Crippen LogP contribution is 2.41. The van der Waals surface area contributed by atoms with Crippen LogP contribution in [0.15, 0.2) is 212 Å². The van der Waals surface area contributed by atoms with Gasteiger partial charge in [0.25, 0.3) is 0 Å². The van der Waals surface area contributed by atoms with Crippen molar-refractivity contribution in [2.45, 2.75) is 285 Å². The van der Waals surface area contributed by atoms with Gasteiger partial charge >= 0.3 is 48.4 Å². The molecule has 6 N–H and O–H groups in total. The second-order valence-electron chi connectivity index (χ2n) is 41.8. The summed E-state index contributed by atoms with van der Waals surface area (Å²) in [5.74, 6) is -5.70. The number of halogens is 2. The Bertz CT molecular complexity index is 5680. The standard InChI is InChI=1S/C51H62FN3O9.C36H50FN3O7.C30H40N2O7/c1-35(63-45-22-14-13-20-40(45)21-15-29-53-49(59)62-34-39-18-11-8-12-19-39)32-55(50(60)64-51(3,4)5)46(41-25-26-41)47(57)54(6)36(2)44(56)31-42(30-37-23-27-43(52)28-24-37)48(58)61-33-38-16-9-7-10-17-38;1-23(46-31-12-8-7-10-26(31)11-9-19-38)22-40(35(45)47-36(3,4)5)32(27-15-16-27)33(42)39(6)24(2)30(41)21-28(34(43)44)20-25-13-17-29(37)18-14-25;1-21(19-32(29(36)39-30(2,3)4)26(27(33)34)24-16-17-24)38-25-15-9-8-13-23(25)14-10-18-31-28(35)37-20-22-11-6-5-7-12-22/h7-14,16-20,22-24,27-28,35-36,41-42,46H,15,21,25-26,29-34H2,1-6H3,(H,53,59);7-8,10,12-14,17-18,23-24,27-28,32H,9,11,15-16,19-22,38H2,1-6H3,(H,43,44);5-9,11-13,15,21,24,26H,10,14,16-20H2,1-4H3,(H,31,35)(H,33,34)/t35-,36-,42+,46+;23-,24-,28+,32+;21-,26+/m111/s1. The van der Waals surface area contributed by atoms with Crippen LogP contribution in [-0.2, 0) is 114 Å². The highest BCUT2D eigenvalue weighted by molar-refractivity contribution is 5.95. The molecule has 3 aliphatic rings. The van der Waals surface area contributed by atoms with Crippen molar-refractivity contribution < 1.29 is 119 Å². The molecular formula is C117H152F2N8O23. The molecule has 150 heavy (non-hydrogen) atoms. The van der Waals surface area contributed by atoms with Crippen LogP contribution in [0.1, 0.15) is 212 Å². The van der Waals surface area contributed by atoms with Crippen LogP contribution >= 0.6 is 0 Å². The third kappa shape index (κ3) is 41.2. The molecule has 0 aromatic heterocycles. The van der Waals surface area contributed by atoms with Crippen molar-refractivity contribution in [3.8, 4) is 17.2 Å². The van der Waals surface area contributed by atoms with Gasteiger partial charge in [0.1, 0.15) is 102 Å². The highest BCUT2D eigenvalue weighted by atomic mass is 19.1. The minimum atomic E-state index is -1.16. The Morgan fingerprint density at radius 2 is 0.667 bits per heavy atom. The average molecular weight is 2080 g/mol. The van der Waals surface area contributed by atoms with Gasteiger partial charge in [-0.25, -0.2) is 37.5 Å². The topological polar surface area (TPSA) is 395 Å². The zero-order valence-electron chi connectivity index (χ0n) is 89.4. The Morgan fingerprint density at radius 1 is 0.373 bits per heavy atom. The number of para-hydroxylation sites is 3. The third-order valence-corrected chi connectivity index (χ3v) is 25.4. The number of aliphatic carboxylic acids is 2. The van der Waals surface area contributed by atoms with Crippen molar-refractivity contribution in [1.29, 1.82) is 0 Å². The number of esters is 1. The Morgan fingerprint density at radius 3 is 0.980 bits per heavy atom. The quantitative estimate of drug-likeness (QED) is 0.0134. The number of rotatable bonds is 52. The predicted molar refractivity (Wildman–Crippen MR) is 564 cm³/mol. The van der Waals surface area contributed by atoms with Gasteiger partial charge in [-0.2, -0.15) is 0 Å². The number of likely N-dealkylation sites (N-methyl/N-ethyl adjacent to an activating group) is 2. The lowest BCUT2D eigenvalue weighted by atomic mass is 9.92. The first-order valence-electron chi connectivity index (χ1n) is 51.8. The molecule has 3 aliphatic carbocycles. The number of aryl methyl sites for hydroxylation is 3. The Labute approximate surface area is 880 Å². The van der Waals surface area contributed by atoms with Crippen LogP contribution in [0.25, 0.3) is 0 Å². The van der Waals surface area contributed by atoms with Gasteiger partial charge in [-0.05, 0) is 298 Å². The van der Waals surface area contributed by atoms with Gasteiger partial charge in [-0.1, -0.05) is 170 Å². The fourth-order valence-corrected chi connectivity index (χ4v) is 16.9. The minimum absolute atomic E-state index is 0.00807. The lowest BCUT2D eigenvalue weighted by Crippen LogP contribution is -2.56. The molecule has 0 unspecified atom stereocenters. The number of carbonyl (C=O) groups is 12. The number of Topliss-reactive ketones (excluding diaryl/α,β-unsaturated/α-hetero) is 2. The summed E-state index contributed by atoms with van der Waals surface area (Å²) >= 11 is 0. The number of carboxylic acids is 2. The lowest BCUT2D eigenvalue weighted by Gasteiger charge is -2.37.